The van der Waals surface area contributed by atoms with Crippen LogP contribution in [0, 0.1) is 0 Å². The Morgan fingerprint density at radius 3 is 3.16 bits per heavy atom. The molecule has 2 aliphatic rings. The fourth-order valence-corrected chi connectivity index (χ4v) is 2.79. The van der Waals surface area contributed by atoms with Crippen LogP contribution in [0.3, 0.4) is 0 Å². The highest BCUT2D eigenvalue weighted by atomic mass is 16.5. The monoisotopic (exact) mass is 258 g/mol. The van der Waals surface area contributed by atoms with Crippen LogP contribution in [0.25, 0.3) is 11.2 Å². The lowest BCUT2D eigenvalue weighted by Gasteiger charge is -2.23. The predicted molar refractivity (Wildman–Crippen MR) is 72.1 cm³/mol. The van der Waals surface area contributed by atoms with Crippen molar-refractivity contribution in [3.05, 3.63) is 24.2 Å². The van der Waals surface area contributed by atoms with Crippen molar-refractivity contribution in [3.63, 3.8) is 0 Å². The minimum Gasteiger partial charge on any atom is -0.375 e. The summed E-state index contributed by atoms with van der Waals surface area (Å²) in [6, 6.07) is 4.60. The molecule has 0 spiro atoms. The minimum absolute atomic E-state index is 0.239. The van der Waals surface area contributed by atoms with Gasteiger partial charge in [-0.05, 0) is 25.0 Å². The van der Waals surface area contributed by atoms with E-state index in [9.17, 15) is 0 Å². The van der Waals surface area contributed by atoms with Crippen molar-refractivity contribution in [2.45, 2.75) is 31.4 Å². The average Bonchev–Trinajstić information content (AvgIpc) is 3.21. The van der Waals surface area contributed by atoms with Gasteiger partial charge in [0.25, 0.3) is 0 Å². The van der Waals surface area contributed by atoms with Crippen molar-refractivity contribution in [1.29, 1.82) is 0 Å². The summed E-state index contributed by atoms with van der Waals surface area (Å²) in [7, 11) is 0. The van der Waals surface area contributed by atoms with E-state index in [0.717, 1.165) is 43.1 Å². The first-order valence-electron chi connectivity index (χ1n) is 7.06. The molecule has 1 unspecified atom stereocenters. The van der Waals surface area contributed by atoms with E-state index >= 15 is 0 Å². The fraction of sp³-hybridized carbons (Fsp3) is 0.571. The van der Waals surface area contributed by atoms with Gasteiger partial charge >= 0.3 is 0 Å². The average molecular weight is 258 g/mol. The van der Waals surface area contributed by atoms with E-state index in [2.05, 4.69) is 14.9 Å². The van der Waals surface area contributed by atoms with Crippen LogP contribution < -0.4 is 5.32 Å². The first kappa shape index (κ1) is 11.4. The van der Waals surface area contributed by atoms with Crippen LogP contribution >= 0.6 is 0 Å². The number of hydrogen-bond acceptors (Lipinski definition) is 4. The second-order valence-corrected chi connectivity index (χ2v) is 5.38. The number of fused-ring (bicyclic) bond motifs is 1. The van der Waals surface area contributed by atoms with Crippen LogP contribution in [0.4, 0.5) is 0 Å². The molecular weight excluding hydrogens is 240 g/mol. The number of nitrogens with one attached hydrogen (secondary N) is 1. The van der Waals surface area contributed by atoms with Crippen LogP contribution in [-0.2, 0) is 11.2 Å². The van der Waals surface area contributed by atoms with E-state index < -0.39 is 0 Å². The number of rotatable bonds is 3. The molecule has 1 saturated carbocycles. The van der Waals surface area contributed by atoms with Crippen molar-refractivity contribution < 1.29 is 4.74 Å². The third-order valence-electron chi connectivity index (χ3n) is 3.85. The zero-order valence-corrected chi connectivity index (χ0v) is 10.9. The Bertz CT molecular complexity index is 584. The summed E-state index contributed by atoms with van der Waals surface area (Å²) in [6.07, 6.45) is 5.46. The Balaban J connectivity index is 1.69. The Hall–Kier alpha value is -1.46. The van der Waals surface area contributed by atoms with Gasteiger partial charge in [0.2, 0.25) is 0 Å². The summed E-state index contributed by atoms with van der Waals surface area (Å²) in [5.41, 5.74) is 2.04. The van der Waals surface area contributed by atoms with Crippen molar-refractivity contribution in [1.82, 2.24) is 19.9 Å². The molecular formula is C14H18N4O. The van der Waals surface area contributed by atoms with Gasteiger partial charge in [0.1, 0.15) is 11.3 Å². The second-order valence-electron chi connectivity index (χ2n) is 5.38. The van der Waals surface area contributed by atoms with E-state index in [1.165, 1.54) is 12.8 Å². The zero-order valence-electron chi connectivity index (χ0n) is 10.9. The van der Waals surface area contributed by atoms with E-state index in [1.54, 1.807) is 0 Å². The molecule has 2 aromatic rings. The molecule has 3 heterocycles. The minimum atomic E-state index is 0.239. The third kappa shape index (κ3) is 2.13. The first-order valence-corrected chi connectivity index (χ1v) is 7.06. The normalized spacial score (nSPS) is 23.9. The Labute approximate surface area is 112 Å². The van der Waals surface area contributed by atoms with Crippen molar-refractivity contribution >= 4 is 11.2 Å². The number of nitrogens with zero attached hydrogens (tertiary/aromatic N) is 3. The highest BCUT2D eigenvalue weighted by molar-refractivity contribution is 5.71. The SMILES string of the molecule is c1cnc2c(c1)nc(CC1CNCCO1)n2C1CC1. The molecule has 0 radical (unpaired) electrons. The maximum absolute atomic E-state index is 5.80. The van der Waals surface area contributed by atoms with Gasteiger partial charge in [0.05, 0.1) is 12.7 Å². The number of morpholine rings is 1. The summed E-state index contributed by atoms with van der Waals surface area (Å²) in [4.78, 5) is 9.26. The molecule has 100 valence electrons. The highest BCUT2D eigenvalue weighted by Gasteiger charge is 2.29. The second kappa shape index (κ2) is 4.58. The maximum atomic E-state index is 5.80. The Morgan fingerprint density at radius 2 is 2.37 bits per heavy atom. The predicted octanol–water partition coefficient (Wildman–Crippen LogP) is 1.30. The summed E-state index contributed by atoms with van der Waals surface area (Å²) in [5.74, 6) is 1.13. The summed E-state index contributed by atoms with van der Waals surface area (Å²) >= 11 is 0. The van der Waals surface area contributed by atoms with Gasteiger partial charge in [0, 0.05) is 31.7 Å². The van der Waals surface area contributed by atoms with E-state index in [4.69, 9.17) is 9.72 Å². The van der Waals surface area contributed by atoms with Crippen LogP contribution in [-0.4, -0.2) is 40.3 Å². The molecule has 2 aromatic heterocycles. The van der Waals surface area contributed by atoms with Gasteiger partial charge < -0.3 is 14.6 Å². The van der Waals surface area contributed by atoms with Crippen LogP contribution in [0.15, 0.2) is 18.3 Å². The summed E-state index contributed by atoms with van der Waals surface area (Å²) < 4.78 is 8.12. The molecule has 1 N–H and O–H groups in total. The number of imidazole rings is 1. The molecule has 2 fully saturated rings. The molecule has 0 aromatic carbocycles. The number of hydrogen-bond donors (Lipinski definition) is 1. The lowest BCUT2D eigenvalue weighted by Crippen LogP contribution is -2.40. The van der Waals surface area contributed by atoms with Gasteiger partial charge in [-0.25, -0.2) is 9.97 Å². The largest absolute Gasteiger partial charge is 0.375 e. The van der Waals surface area contributed by atoms with Gasteiger partial charge in [-0.3, -0.25) is 0 Å². The molecule has 0 bridgehead atoms. The van der Waals surface area contributed by atoms with Crippen LogP contribution in [0.1, 0.15) is 24.7 Å². The standard InChI is InChI=1S/C14H18N4O/c1-2-12-14(16-5-1)18(10-3-4-10)13(17-12)8-11-9-15-6-7-19-11/h1-2,5,10-11,15H,3-4,6-9H2. The van der Waals surface area contributed by atoms with E-state index in [-0.39, 0.29) is 6.10 Å². The van der Waals surface area contributed by atoms with Gasteiger partial charge in [0.15, 0.2) is 5.65 Å². The van der Waals surface area contributed by atoms with Crippen molar-refractivity contribution in [2.75, 3.05) is 19.7 Å². The smallest absolute Gasteiger partial charge is 0.160 e. The fourth-order valence-electron chi connectivity index (χ4n) is 2.79. The first-order chi connectivity index (χ1) is 9.42. The quantitative estimate of drug-likeness (QED) is 0.901. The number of pyridine rings is 1. The Morgan fingerprint density at radius 1 is 1.42 bits per heavy atom. The lowest BCUT2D eigenvalue weighted by atomic mass is 10.2. The van der Waals surface area contributed by atoms with Crippen molar-refractivity contribution in [2.24, 2.45) is 0 Å². The topological polar surface area (TPSA) is 52.0 Å². The molecule has 1 aliphatic heterocycles. The molecule has 4 rings (SSSR count). The molecule has 1 atom stereocenters. The maximum Gasteiger partial charge on any atom is 0.160 e. The summed E-state index contributed by atoms with van der Waals surface area (Å²) in [5, 5.41) is 3.38. The van der Waals surface area contributed by atoms with Crippen LogP contribution in [0.2, 0.25) is 0 Å². The van der Waals surface area contributed by atoms with Gasteiger partial charge in [-0.15, -0.1) is 0 Å². The number of aromatic nitrogens is 3. The van der Waals surface area contributed by atoms with Gasteiger partial charge in [-0.2, -0.15) is 0 Å². The van der Waals surface area contributed by atoms with Crippen LogP contribution in [0.5, 0.6) is 0 Å². The molecule has 1 aliphatic carbocycles. The molecule has 19 heavy (non-hydrogen) atoms. The van der Waals surface area contributed by atoms with Gasteiger partial charge in [-0.1, -0.05) is 0 Å². The summed E-state index contributed by atoms with van der Waals surface area (Å²) in [6.45, 7) is 2.67. The zero-order chi connectivity index (χ0) is 12.7. The Kier molecular flexibility index (Phi) is 2.74. The lowest BCUT2D eigenvalue weighted by molar-refractivity contribution is 0.0276. The third-order valence-corrected chi connectivity index (χ3v) is 3.85. The highest BCUT2D eigenvalue weighted by Crippen LogP contribution is 2.38. The molecule has 5 nitrogen and oxygen atoms in total. The van der Waals surface area contributed by atoms with E-state index in [0.29, 0.717) is 6.04 Å². The molecule has 1 saturated heterocycles. The van der Waals surface area contributed by atoms with Crippen molar-refractivity contribution in [3.8, 4) is 0 Å². The molecule has 5 heteroatoms. The molecule has 0 amide bonds. The van der Waals surface area contributed by atoms with E-state index in [1.807, 2.05) is 18.3 Å². The number of ether oxygens (including phenoxy) is 1.